The maximum Gasteiger partial charge on any atom is 0.194 e. The number of carbonyl (C=O) groups excluding carboxylic acids is 1. The van der Waals surface area contributed by atoms with E-state index < -0.39 is 0 Å². The predicted octanol–water partition coefficient (Wildman–Crippen LogP) is 10.7. The SMILES string of the molecule is CCc1ccc(-c2cc(-c3ccc4c(c3)C(=O)c3ccccc3-4)ccn2)c2oc3cc(-c4c(C)cc(C)cc4C)ccc3c12. The van der Waals surface area contributed by atoms with Crippen molar-refractivity contribution in [3.63, 3.8) is 0 Å². The number of rotatable bonds is 4. The van der Waals surface area contributed by atoms with Gasteiger partial charge in [0.15, 0.2) is 5.78 Å². The normalized spacial score (nSPS) is 12.2. The fourth-order valence-electron chi connectivity index (χ4n) is 7.20. The molecule has 7 aromatic rings. The molecule has 2 aromatic heterocycles. The highest BCUT2D eigenvalue weighted by Crippen LogP contribution is 2.42. The van der Waals surface area contributed by atoms with Crippen LogP contribution in [0.1, 0.15) is 45.1 Å². The Hall–Kier alpha value is -5.28. The molecule has 3 heteroatoms. The second-order valence-corrected chi connectivity index (χ2v) is 12.0. The second kappa shape index (κ2) is 9.89. The molecule has 0 bridgehead atoms. The zero-order chi connectivity index (χ0) is 30.1. The minimum Gasteiger partial charge on any atom is -0.455 e. The molecule has 212 valence electrons. The standard InChI is InChI=1S/C41H31NO2/c1-5-26-10-14-33(41-39(26)34-15-12-29(22-37(34)44-41)38-24(3)18-23(2)19-25(38)4)36-21-28(16-17-42-36)27-11-13-31-30-8-6-7-9-32(30)40(43)35(31)20-27/h6-22H,5H2,1-4H3. The van der Waals surface area contributed by atoms with Crippen LogP contribution in [-0.2, 0) is 6.42 Å². The van der Waals surface area contributed by atoms with Gasteiger partial charge < -0.3 is 4.42 Å². The van der Waals surface area contributed by atoms with E-state index in [0.29, 0.717) is 0 Å². The zero-order valence-electron chi connectivity index (χ0n) is 25.3. The number of aromatic nitrogens is 1. The van der Waals surface area contributed by atoms with Gasteiger partial charge in [0.2, 0.25) is 0 Å². The van der Waals surface area contributed by atoms with Gasteiger partial charge in [0.1, 0.15) is 11.2 Å². The van der Waals surface area contributed by atoms with Gasteiger partial charge in [0, 0.05) is 33.7 Å². The Morgan fingerprint density at radius 3 is 2.16 bits per heavy atom. The Bertz CT molecular complexity index is 2300. The van der Waals surface area contributed by atoms with Crippen LogP contribution in [0.4, 0.5) is 0 Å². The lowest BCUT2D eigenvalue weighted by Gasteiger charge is -2.11. The van der Waals surface area contributed by atoms with Gasteiger partial charge in [-0.15, -0.1) is 0 Å². The predicted molar refractivity (Wildman–Crippen MR) is 180 cm³/mol. The number of hydrogen-bond acceptors (Lipinski definition) is 3. The molecule has 0 atom stereocenters. The van der Waals surface area contributed by atoms with E-state index in [2.05, 4.69) is 88.4 Å². The third-order valence-corrected chi connectivity index (χ3v) is 9.15. The van der Waals surface area contributed by atoms with Crippen molar-refractivity contribution in [2.24, 2.45) is 0 Å². The van der Waals surface area contributed by atoms with Gasteiger partial charge in [-0.3, -0.25) is 9.78 Å². The van der Waals surface area contributed by atoms with Crippen LogP contribution in [0.2, 0.25) is 0 Å². The van der Waals surface area contributed by atoms with Crippen LogP contribution in [0.25, 0.3) is 66.6 Å². The molecule has 44 heavy (non-hydrogen) atoms. The number of furan rings is 1. The van der Waals surface area contributed by atoms with Crippen molar-refractivity contribution in [1.29, 1.82) is 0 Å². The maximum atomic E-state index is 13.2. The molecule has 8 rings (SSSR count). The fourth-order valence-corrected chi connectivity index (χ4v) is 7.20. The van der Waals surface area contributed by atoms with E-state index in [-0.39, 0.29) is 5.78 Å². The highest BCUT2D eigenvalue weighted by molar-refractivity contribution is 6.22. The van der Waals surface area contributed by atoms with E-state index in [1.165, 1.54) is 33.4 Å². The maximum absolute atomic E-state index is 13.2. The molecular weight excluding hydrogens is 538 g/mol. The molecule has 3 nitrogen and oxygen atoms in total. The summed E-state index contributed by atoms with van der Waals surface area (Å²) in [4.78, 5) is 18.0. The molecule has 5 aromatic carbocycles. The minimum atomic E-state index is 0.0845. The van der Waals surface area contributed by atoms with E-state index in [0.717, 1.165) is 73.0 Å². The smallest absolute Gasteiger partial charge is 0.194 e. The number of pyridine rings is 1. The molecule has 0 aliphatic heterocycles. The summed E-state index contributed by atoms with van der Waals surface area (Å²) in [6.45, 7) is 8.69. The quantitative estimate of drug-likeness (QED) is 0.212. The summed E-state index contributed by atoms with van der Waals surface area (Å²) in [7, 11) is 0. The van der Waals surface area contributed by atoms with E-state index in [1.54, 1.807) is 0 Å². The van der Waals surface area contributed by atoms with Crippen molar-refractivity contribution in [3.05, 3.63) is 137 Å². The van der Waals surface area contributed by atoms with Crippen molar-refractivity contribution in [2.45, 2.75) is 34.1 Å². The fraction of sp³-hybridized carbons (Fsp3) is 0.122. The summed E-state index contributed by atoms with van der Waals surface area (Å²) in [5, 5.41) is 2.27. The molecule has 1 aliphatic carbocycles. The largest absolute Gasteiger partial charge is 0.455 e. The highest BCUT2D eigenvalue weighted by Gasteiger charge is 2.26. The lowest BCUT2D eigenvalue weighted by atomic mass is 9.93. The number of ketones is 1. The van der Waals surface area contributed by atoms with Gasteiger partial charge in [0.05, 0.1) is 5.69 Å². The molecule has 0 saturated carbocycles. The van der Waals surface area contributed by atoms with Crippen molar-refractivity contribution >= 4 is 27.7 Å². The van der Waals surface area contributed by atoms with E-state index in [9.17, 15) is 4.79 Å². The van der Waals surface area contributed by atoms with Crippen molar-refractivity contribution in [2.75, 3.05) is 0 Å². The number of aryl methyl sites for hydroxylation is 4. The average Bonchev–Trinajstić information content (AvgIpc) is 3.55. The molecule has 0 unspecified atom stereocenters. The zero-order valence-corrected chi connectivity index (χ0v) is 25.3. The van der Waals surface area contributed by atoms with Crippen molar-refractivity contribution in [3.8, 4) is 44.6 Å². The van der Waals surface area contributed by atoms with Crippen LogP contribution in [0.3, 0.4) is 0 Å². The van der Waals surface area contributed by atoms with Gasteiger partial charge >= 0.3 is 0 Å². The van der Waals surface area contributed by atoms with Crippen molar-refractivity contribution < 1.29 is 9.21 Å². The number of nitrogens with zero attached hydrogens (tertiary/aromatic N) is 1. The Morgan fingerprint density at radius 2 is 1.36 bits per heavy atom. The Kier molecular flexibility index (Phi) is 5.92. The van der Waals surface area contributed by atoms with Crippen LogP contribution in [0.15, 0.2) is 108 Å². The van der Waals surface area contributed by atoms with Gasteiger partial charge in [-0.2, -0.15) is 0 Å². The van der Waals surface area contributed by atoms with Gasteiger partial charge in [-0.1, -0.05) is 73.2 Å². The number of carbonyl (C=O) groups is 1. The molecule has 0 saturated heterocycles. The molecule has 2 heterocycles. The molecular formula is C41H31NO2. The third-order valence-electron chi connectivity index (χ3n) is 9.15. The summed E-state index contributed by atoms with van der Waals surface area (Å²) in [6.07, 6.45) is 2.75. The van der Waals surface area contributed by atoms with Crippen LogP contribution in [0.5, 0.6) is 0 Å². The number of fused-ring (bicyclic) bond motifs is 6. The lowest BCUT2D eigenvalue weighted by molar-refractivity contribution is 0.104. The number of benzene rings is 5. The summed E-state index contributed by atoms with van der Waals surface area (Å²) in [5.41, 5.74) is 16.6. The topological polar surface area (TPSA) is 43.1 Å². The molecule has 0 spiro atoms. The molecule has 0 amide bonds. The van der Waals surface area contributed by atoms with Crippen molar-refractivity contribution in [1.82, 2.24) is 4.98 Å². The third kappa shape index (κ3) is 3.96. The molecule has 0 radical (unpaired) electrons. The van der Waals surface area contributed by atoms with Crippen LogP contribution in [-0.4, -0.2) is 10.8 Å². The van der Waals surface area contributed by atoms with Gasteiger partial charge in [-0.05, 0) is 114 Å². The van der Waals surface area contributed by atoms with Gasteiger partial charge in [0.25, 0.3) is 0 Å². The monoisotopic (exact) mass is 569 g/mol. The first-order valence-corrected chi connectivity index (χ1v) is 15.2. The highest BCUT2D eigenvalue weighted by atomic mass is 16.3. The molecule has 0 N–H and O–H groups in total. The van der Waals surface area contributed by atoms with E-state index in [4.69, 9.17) is 9.40 Å². The summed E-state index contributed by atoms with van der Waals surface area (Å²) in [5.74, 6) is 0.0845. The second-order valence-electron chi connectivity index (χ2n) is 12.0. The van der Waals surface area contributed by atoms with Crippen LogP contribution in [0, 0.1) is 20.8 Å². The van der Waals surface area contributed by atoms with E-state index >= 15 is 0 Å². The van der Waals surface area contributed by atoms with Crippen LogP contribution >= 0.6 is 0 Å². The number of hydrogen-bond donors (Lipinski definition) is 0. The Labute approximate surface area is 256 Å². The van der Waals surface area contributed by atoms with Crippen LogP contribution < -0.4 is 0 Å². The summed E-state index contributed by atoms with van der Waals surface area (Å²) >= 11 is 0. The lowest BCUT2D eigenvalue weighted by Crippen LogP contribution is -1.95. The molecule has 0 fully saturated rings. The van der Waals surface area contributed by atoms with Gasteiger partial charge in [-0.25, -0.2) is 0 Å². The Morgan fingerprint density at radius 1 is 0.659 bits per heavy atom. The Balaban J connectivity index is 1.26. The first-order valence-electron chi connectivity index (χ1n) is 15.2. The van der Waals surface area contributed by atoms with E-state index in [1.807, 2.05) is 42.6 Å². The summed E-state index contributed by atoms with van der Waals surface area (Å²) < 4.78 is 6.72. The minimum absolute atomic E-state index is 0.0845. The average molecular weight is 570 g/mol. The molecule has 1 aliphatic rings. The first-order chi connectivity index (χ1) is 21.4. The summed E-state index contributed by atoms with van der Waals surface area (Å²) in [6, 6.07) is 33.6. The first kappa shape index (κ1) is 26.4.